The van der Waals surface area contributed by atoms with E-state index in [9.17, 15) is 9.59 Å². The normalized spacial score (nSPS) is 10.1. The Morgan fingerprint density at radius 2 is 1.53 bits per heavy atom. The van der Waals surface area contributed by atoms with Gasteiger partial charge >= 0.3 is 11.9 Å². The predicted molar refractivity (Wildman–Crippen MR) is 58.1 cm³/mol. The second-order valence-corrected chi connectivity index (χ2v) is 3.42. The molecule has 0 fully saturated rings. The van der Waals surface area contributed by atoms with E-state index in [1.807, 2.05) is 0 Å². The third-order valence-electron chi connectivity index (χ3n) is 2.28. The summed E-state index contributed by atoms with van der Waals surface area (Å²) in [5, 5.41) is 17.8. The first kappa shape index (κ1) is 10.9. The minimum absolute atomic E-state index is 0.0684. The SMILES string of the molecule is O=C(O)c1cc(C(=O)O)cc(-c2ccoc2)c1. The van der Waals surface area contributed by atoms with E-state index in [0.717, 1.165) is 6.07 Å². The summed E-state index contributed by atoms with van der Waals surface area (Å²) >= 11 is 0. The van der Waals surface area contributed by atoms with Crippen molar-refractivity contribution in [2.75, 3.05) is 0 Å². The Balaban J connectivity index is 2.60. The molecule has 1 aromatic carbocycles. The highest BCUT2D eigenvalue weighted by atomic mass is 16.4. The molecule has 0 unspecified atom stereocenters. The van der Waals surface area contributed by atoms with Gasteiger partial charge in [-0.15, -0.1) is 0 Å². The molecule has 17 heavy (non-hydrogen) atoms. The number of rotatable bonds is 3. The maximum Gasteiger partial charge on any atom is 0.335 e. The summed E-state index contributed by atoms with van der Waals surface area (Å²) in [6, 6.07) is 5.56. The first-order chi connectivity index (χ1) is 8.08. The molecule has 0 spiro atoms. The van der Waals surface area contributed by atoms with Gasteiger partial charge in [0.2, 0.25) is 0 Å². The number of carboxylic acids is 2. The van der Waals surface area contributed by atoms with Crippen molar-refractivity contribution < 1.29 is 24.2 Å². The first-order valence-corrected chi connectivity index (χ1v) is 4.72. The van der Waals surface area contributed by atoms with Crippen molar-refractivity contribution in [1.29, 1.82) is 0 Å². The second kappa shape index (κ2) is 4.13. The quantitative estimate of drug-likeness (QED) is 0.847. The summed E-state index contributed by atoms with van der Waals surface area (Å²) in [7, 11) is 0. The lowest BCUT2D eigenvalue weighted by atomic mass is 10.0. The average Bonchev–Trinajstić information content (AvgIpc) is 2.81. The van der Waals surface area contributed by atoms with Crippen LogP contribution in [0.2, 0.25) is 0 Å². The lowest BCUT2D eigenvalue weighted by molar-refractivity contribution is 0.0696. The topological polar surface area (TPSA) is 87.7 Å². The van der Waals surface area contributed by atoms with Crippen molar-refractivity contribution in [3.63, 3.8) is 0 Å². The van der Waals surface area contributed by atoms with Crippen molar-refractivity contribution in [3.05, 3.63) is 47.9 Å². The van der Waals surface area contributed by atoms with E-state index in [-0.39, 0.29) is 11.1 Å². The van der Waals surface area contributed by atoms with Gasteiger partial charge in [0.05, 0.1) is 23.7 Å². The summed E-state index contributed by atoms with van der Waals surface area (Å²) in [4.78, 5) is 21.8. The van der Waals surface area contributed by atoms with Crippen molar-refractivity contribution in [3.8, 4) is 11.1 Å². The molecule has 0 amide bonds. The van der Waals surface area contributed by atoms with Crippen LogP contribution in [0.15, 0.2) is 41.2 Å². The third-order valence-corrected chi connectivity index (χ3v) is 2.28. The van der Waals surface area contributed by atoms with Crippen LogP contribution < -0.4 is 0 Å². The number of benzene rings is 1. The monoisotopic (exact) mass is 232 g/mol. The lowest BCUT2D eigenvalue weighted by Gasteiger charge is -2.03. The zero-order valence-electron chi connectivity index (χ0n) is 8.58. The maximum absolute atomic E-state index is 10.9. The van der Waals surface area contributed by atoms with Crippen LogP contribution in [0, 0.1) is 0 Å². The Bertz CT molecular complexity index is 536. The molecular weight excluding hydrogens is 224 g/mol. The summed E-state index contributed by atoms with van der Waals surface area (Å²) in [5.74, 6) is -2.34. The van der Waals surface area contributed by atoms with Crippen LogP contribution in [0.25, 0.3) is 11.1 Å². The molecule has 0 radical (unpaired) electrons. The molecule has 0 atom stereocenters. The Morgan fingerprint density at radius 1 is 0.941 bits per heavy atom. The Morgan fingerprint density at radius 3 is 1.94 bits per heavy atom. The highest BCUT2D eigenvalue weighted by Crippen LogP contribution is 2.23. The predicted octanol–water partition coefficient (Wildman–Crippen LogP) is 2.34. The fraction of sp³-hybridized carbons (Fsp3) is 0. The fourth-order valence-corrected chi connectivity index (χ4v) is 1.47. The van der Waals surface area contributed by atoms with E-state index < -0.39 is 11.9 Å². The lowest BCUT2D eigenvalue weighted by Crippen LogP contribution is -2.02. The highest BCUT2D eigenvalue weighted by Gasteiger charge is 2.12. The number of hydrogen-bond acceptors (Lipinski definition) is 3. The number of furan rings is 1. The molecule has 0 saturated heterocycles. The van der Waals surface area contributed by atoms with Crippen LogP contribution in [-0.2, 0) is 0 Å². The molecule has 5 nitrogen and oxygen atoms in total. The average molecular weight is 232 g/mol. The van der Waals surface area contributed by atoms with E-state index in [2.05, 4.69) is 0 Å². The maximum atomic E-state index is 10.9. The van der Waals surface area contributed by atoms with Gasteiger partial charge in [0.1, 0.15) is 0 Å². The van der Waals surface area contributed by atoms with E-state index in [4.69, 9.17) is 14.6 Å². The largest absolute Gasteiger partial charge is 0.478 e. The number of carboxylic acid groups (broad SMARTS) is 2. The van der Waals surface area contributed by atoms with E-state index in [1.54, 1.807) is 6.07 Å². The molecule has 0 bridgehead atoms. The zero-order valence-corrected chi connectivity index (χ0v) is 8.58. The smallest absolute Gasteiger partial charge is 0.335 e. The molecule has 2 N–H and O–H groups in total. The summed E-state index contributed by atoms with van der Waals surface area (Å²) in [6.45, 7) is 0. The molecule has 1 aromatic heterocycles. The minimum atomic E-state index is -1.17. The van der Waals surface area contributed by atoms with Gasteiger partial charge in [0.25, 0.3) is 0 Å². The van der Waals surface area contributed by atoms with Crippen molar-refractivity contribution in [2.24, 2.45) is 0 Å². The second-order valence-electron chi connectivity index (χ2n) is 3.42. The van der Waals surface area contributed by atoms with Crippen LogP contribution >= 0.6 is 0 Å². The molecule has 5 heteroatoms. The van der Waals surface area contributed by atoms with Gasteiger partial charge in [-0.2, -0.15) is 0 Å². The molecule has 1 heterocycles. The molecule has 2 aromatic rings. The number of hydrogen-bond donors (Lipinski definition) is 2. The van der Waals surface area contributed by atoms with E-state index in [0.29, 0.717) is 11.1 Å². The van der Waals surface area contributed by atoms with Gasteiger partial charge in [-0.05, 0) is 29.8 Å². The van der Waals surface area contributed by atoms with Crippen LogP contribution in [-0.4, -0.2) is 22.2 Å². The van der Waals surface area contributed by atoms with Crippen molar-refractivity contribution >= 4 is 11.9 Å². The minimum Gasteiger partial charge on any atom is -0.478 e. The van der Waals surface area contributed by atoms with Crippen LogP contribution in [0.4, 0.5) is 0 Å². The highest BCUT2D eigenvalue weighted by molar-refractivity contribution is 5.96. The molecule has 0 aliphatic heterocycles. The Labute approximate surface area is 95.9 Å². The molecular formula is C12H8O5. The summed E-state index contributed by atoms with van der Waals surface area (Å²) < 4.78 is 4.87. The summed E-state index contributed by atoms with van der Waals surface area (Å²) in [6.07, 6.45) is 2.86. The van der Waals surface area contributed by atoms with Gasteiger partial charge in [0.15, 0.2) is 0 Å². The van der Waals surface area contributed by atoms with Gasteiger partial charge in [-0.25, -0.2) is 9.59 Å². The molecule has 0 aliphatic carbocycles. The van der Waals surface area contributed by atoms with Crippen molar-refractivity contribution in [1.82, 2.24) is 0 Å². The van der Waals surface area contributed by atoms with Crippen molar-refractivity contribution in [2.45, 2.75) is 0 Å². The summed E-state index contributed by atoms with van der Waals surface area (Å²) in [5.41, 5.74) is 0.994. The Hall–Kier alpha value is -2.56. The number of carbonyl (C=O) groups is 2. The third kappa shape index (κ3) is 2.17. The zero-order chi connectivity index (χ0) is 12.4. The molecule has 0 aliphatic rings. The van der Waals surface area contributed by atoms with Crippen LogP contribution in [0.3, 0.4) is 0 Å². The standard InChI is InChI=1S/C12H8O5/c13-11(14)9-3-8(7-1-2-17-6-7)4-10(5-9)12(15)16/h1-6H,(H,13,14)(H,15,16). The number of aromatic carboxylic acids is 2. The fourth-order valence-electron chi connectivity index (χ4n) is 1.47. The first-order valence-electron chi connectivity index (χ1n) is 4.72. The van der Waals surface area contributed by atoms with Crippen LogP contribution in [0.5, 0.6) is 0 Å². The van der Waals surface area contributed by atoms with Gasteiger partial charge < -0.3 is 14.6 Å². The van der Waals surface area contributed by atoms with E-state index >= 15 is 0 Å². The molecule has 0 saturated carbocycles. The van der Waals surface area contributed by atoms with Gasteiger partial charge in [0, 0.05) is 5.56 Å². The van der Waals surface area contributed by atoms with Gasteiger partial charge in [-0.1, -0.05) is 0 Å². The molecule has 2 rings (SSSR count). The Kier molecular flexibility index (Phi) is 2.66. The van der Waals surface area contributed by atoms with Gasteiger partial charge in [-0.3, -0.25) is 0 Å². The van der Waals surface area contributed by atoms with E-state index in [1.165, 1.54) is 24.7 Å². The van der Waals surface area contributed by atoms with Crippen LogP contribution in [0.1, 0.15) is 20.7 Å². The molecule has 86 valence electrons.